The summed E-state index contributed by atoms with van der Waals surface area (Å²) in [4.78, 5) is 11.7. The maximum atomic E-state index is 11.7. The molecule has 0 bridgehead atoms. The van der Waals surface area contributed by atoms with Crippen LogP contribution in [0.15, 0.2) is 0 Å². The van der Waals surface area contributed by atoms with Gasteiger partial charge < -0.3 is 10.1 Å². The van der Waals surface area contributed by atoms with Gasteiger partial charge >= 0.3 is 5.97 Å². The zero-order valence-corrected chi connectivity index (χ0v) is 11.9. The molecule has 0 aliphatic rings. The van der Waals surface area contributed by atoms with Crippen LogP contribution >= 0.6 is 11.8 Å². The van der Waals surface area contributed by atoms with Crippen molar-refractivity contribution in [2.45, 2.75) is 39.7 Å². The third kappa shape index (κ3) is 5.75. The summed E-state index contributed by atoms with van der Waals surface area (Å²) in [5, 5.41) is 3.27. The van der Waals surface area contributed by atoms with Gasteiger partial charge in [0, 0.05) is 5.75 Å². The number of rotatable bonds is 8. The monoisotopic (exact) mass is 247 g/mol. The molecule has 0 spiro atoms. The Hall–Kier alpha value is -0.220. The number of hydrogen-bond acceptors (Lipinski definition) is 4. The summed E-state index contributed by atoms with van der Waals surface area (Å²) in [6, 6.07) is 0. The lowest BCUT2D eigenvalue weighted by atomic mass is 10.1. The van der Waals surface area contributed by atoms with Crippen molar-refractivity contribution in [2.75, 3.05) is 25.2 Å². The van der Waals surface area contributed by atoms with Crippen molar-refractivity contribution in [2.24, 2.45) is 5.92 Å². The smallest absolute Gasteiger partial charge is 0.326 e. The van der Waals surface area contributed by atoms with E-state index in [-0.39, 0.29) is 5.97 Å². The van der Waals surface area contributed by atoms with E-state index in [4.69, 9.17) is 4.74 Å². The summed E-state index contributed by atoms with van der Waals surface area (Å²) in [6.07, 6.45) is 1.02. The number of esters is 1. The molecule has 0 amide bonds. The minimum absolute atomic E-state index is 0.169. The lowest BCUT2D eigenvalue weighted by Gasteiger charge is -2.27. The molecule has 0 saturated heterocycles. The Morgan fingerprint density at radius 3 is 2.56 bits per heavy atom. The SMILES string of the molecule is CCCNC(C)(CSCC(C)C)C(=O)OC. The topological polar surface area (TPSA) is 38.3 Å². The second kappa shape index (κ2) is 7.96. The van der Waals surface area contributed by atoms with Crippen LogP contribution in [0.4, 0.5) is 0 Å². The van der Waals surface area contributed by atoms with Gasteiger partial charge in [-0.15, -0.1) is 0 Å². The molecule has 1 atom stereocenters. The zero-order chi connectivity index (χ0) is 12.6. The van der Waals surface area contributed by atoms with Crippen LogP contribution in [0.25, 0.3) is 0 Å². The highest BCUT2D eigenvalue weighted by Gasteiger charge is 2.33. The van der Waals surface area contributed by atoms with Crippen molar-refractivity contribution in [3.63, 3.8) is 0 Å². The number of carbonyl (C=O) groups is 1. The Kier molecular flexibility index (Phi) is 7.85. The standard InChI is InChI=1S/C12H25NO2S/c1-6-7-13-12(4,11(14)15-5)9-16-8-10(2)3/h10,13H,6-9H2,1-5H3. The van der Waals surface area contributed by atoms with Crippen LogP contribution < -0.4 is 5.32 Å². The molecule has 1 N–H and O–H groups in total. The van der Waals surface area contributed by atoms with Gasteiger partial charge in [-0.05, 0) is 31.6 Å². The summed E-state index contributed by atoms with van der Waals surface area (Å²) in [5.41, 5.74) is -0.551. The first-order valence-corrected chi connectivity index (χ1v) is 7.03. The molecule has 4 heteroatoms. The predicted molar refractivity (Wildman–Crippen MR) is 70.9 cm³/mol. The van der Waals surface area contributed by atoms with Gasteiger partial charge in [-0.2, -0.15) is 11.8 Å². The molecule has 0 saturated carbocycles. The third-order valence-corrected chi connectivity index (χ3v) is 3.93. The molecule has 3 nitrogen and oxygen atoms in total. The molecular formula is C12H25NO2S. The Morgan fingerprint density at radius 2 is 2.12 bits per heavy atom. The maximum absolute atomic E-state index is 11.7. The molecule has 0 fully saturated rings. The minimum atomic E-state index is -0.551. The molecule has 0 aliphatic heterocycles. The van der Waals surface area contributed by atoms with Crippen molar-refractivity contribution < 1.29 is 9.53 Å². The van der Waals surface area contributed by atoms with E-state index in [0.29, 0.717) is 5.92 Å². The van der Waals surface area contributed by atoms with Gasteiger partial charge in [0.2, 0.25) is 0 Å². The fourth-order valence-corrected chi connectivity index (χ4v) is 2.52. The summed E-state index contributed by atoms with van der Waals surface area (Å²) in [5.74, 6) is 2.31. The van der Waals surface area contributed by atoms with Crippen LogP contribution in [0.1, 0.15) is 34.1 Å². The van der Waals surface area contributed by atoms with Gasteiger partial charge in [0.1, 0.15) is 5.54 Å². The molecule has 0 aromatic rings. The number of methoxy groups -OCH3 is 1. The van der Waals surface area contributed by atoms with E-state index >= 15 is 0 Å². The molecule has 16 heavy (non-hydrogen) atoms. The van der Waals surface area contributed by atoms with E-state index < -0.39 is 5.54 Å². The zero-order valence-electron chi connectivity index (χ0n) is 11.1. The number of carbonyl (C=O) groups excluding carboxylic acids is 1. The van der Waals surface area contributed by atoms with Gasteiger partial charge in [-0.25, -0.2) is 0 Å². The van der Waals surface area contributed by atoms with Gasteiger partial charge in [0.05, 0.1) is 7.11 Å². The van der Waals surface area contributed by atoms with Gasteiger partial charge in [0.15, 0.2) is 0 Å². The number of nitrogens with one attached hydrogen (secondary N) is 1. The number of hydrogen-bond donors (Lipinski definition) is 1. The summed E-state index contributed by atoms with van der Waals surface area (Å²) >= 11 is 1.80. The van der Waals surface area contributed by atoms with E-state index in [0.717, 1.165) is 24.5 Å². The quantitative estimate of drug-likeness (QED) is 0.668. The van der Waals surface area contributed by atoms with Crippen LogP contribution in [0.3, 0.4) is 0 Å². The predicted octanol–water partition coefficient (Wildman–Crippen LogP) is 2.31. The Bertz CT molecular complexity index is 209. The van der Waals surface area contributed by atoms with Crippen molar-refractivity contribution in [3.8, 4) is 0 Å². The average molecular weight is 247 g/mol. The van der Waals surface area contributed by atoms with Crippen molar-refractivity contribution in [1.29, 1.82) is 0 Å². The van der Waals surface area contributed by atoms with Crippen LogP contribution in [0, 0.1) is 5.92 Å². The number of ether oxygens (including phenoxy) is 1. The molecular weight excluding hydrogens is 222 g/mol. The normalized spacial score (nSPS) is 14.9. The Labute approximate surface area is 104 Å². The van der Waals surface area contributed by atoms with E-state index in [1.165, 1.54) is 7.11 Å². The van der Waals surface area contributed by atoms with Crippen LogP contribution in [0.5, 0.6) is 0 Å². The molecule has 96 valence electrons. The van der Waals surface area contributed by atoms with E-state index in [1.807, 2.05) is 6.92 Å². The van der Waals surface area contributed by atoms with Crippen molar-refractivity contribution >= 4 is 17.7 Å². The van der Waals surface area contributed by atoms with Gasteiger partial charge in [0.25, 0.3) is 0 Å². The number of thioether (sulfide) groups is 1. The highest BCUT2D eigenvalue weighted by atomic mass is 32.2. The van der Waals surface area contributed by atoms with Crippen molar-refractivity contribution in [3.05, 3.63) is 0 Å². The van der Waals surface area contributed by atoms with E-state index in [1.54, 1.807) is 11.8 Å². The maximum Gasteiger partial charge on any atom is 0.326 e. The van der Waals surface area contributed by atoms with Gasteiger partial charge in [-0.1, -0.05) is 20.8 Å². The lowest BCUT2D eigenvalue weighted by Crippen LogP contribution is -2.52. The molecule has 1 unspecified atom stereocenters. The van der Waals surface area contributed by atoms with Crippen LogP contribution in [0.2, 0.25) is 0 Å². The van der Waals surface area contributed by atoms with E-state index in [9.17, 15) is 4.79 Å². The first kappa shape index (κ1) is 15.8. The van der Waals surface area contributed by atoms with Crippen LogP contribution in [-0.4, -0.2) is 36.7 Å². The largest absolute Gasteiger partial charge is 0.468 e. The minimum Gasteiger partial charge on any atom is -0.468 e. The molecule has 0 heterocycles. The summed E-state index contributed by atoms with van der Waals surface area (Å²) in [6.45, 7) is 9.21. The lowest BCUT2D eigenvalue weighted by molar-refractivity contribution is -0.146. The first-order valence-electron chi connectivity index (χ1n) is 5.87. The summed E-state index contributed by atoms with van der Waals surface area (Å²) in [7, 11) is 1.45. The molecule has 0 aliphatic carbocycles. The highest BCUT2D eigenvalue weighted by Crippen LogP contribution is 2.17. The molecule has 0 rings (SSSR count). The first-order chi connectivity index (χ1) is 7.46. The Balaban J connectivity index is 4.24. The average Bonchev–Trinajstić information content (AvgIpc) is 2.24. The van der Waals surface area contributed by atoms with Crippen LogP contribution in [-0.2, 0) is 9.53 Å². The molecule has 0 aromatic heterocycles. The Morgan fingerprint density at radius 1 is 1.50 bits per heavy atom. The fraction of sp³-hybridized carbons (Fsp3) is 0.917. The summed E-state index contributed by atoms with van der Waals surface area (Å²) < 4.78 is 4.86. The fourth-order valence-electron chi connectivity index (χ4n) is 1.31. The third-order valence-electron chi connectivity index (χ3n) is 2.24. The highest BCUT2D eigenvalue weighted by molar-refractivity contribution is 7.99. The molecule has 0 aromatic carbocycles. The second-order valence-corrected chi connectivity index (χ2v) is 5.69. The van der Waals surface area contributed by atoms with E-state index in [2.05, 4.69) is 26.1 Å². The second-order valence-electron chi connectivity index (χ2n) is 4.66. The van der Waals surface area contributed by atoms with Gasteiger partial charge in [-0.3, -0.25) is 4.79 Å². The molecule has 0 radical (unpaired) electrons. The van der Waals surface area contributed by atoms with Crippen molar-refractivity contribution in [1.82, 2.24) is 5.32 Å².